The zero-order valence-corrected chi connectivity index (χ0v) is 23.4. The van der Waals surface area contributed by atoms with Crippen LogP contribution in [0.3, 0.4) is 0 Å². The molecule has 1 aromatic heterocycles. The highest BCUT2D eigenvalue weighted by molar-refractivity contribution is 5.94. The van der Waals surface area contributed by atoms with Gasteiger partial charge in [-0.05, 0) is 81.1 Å². The van der Waals surface area contributed by atoms with Gasteiger partial charge in [0.15, 0.2) is 0 Å². The number of aliphatic carboxylic acids is 1. The van der Waals surface area contributed by atoms with Gasteiger partial charge < -0.3 is 29.6 Å². The van der Waals surface area contributed by atoms with Crippen LogP contribution in [0.4, 0.5) is 4.79 Å². The topological polar surface area (TPSA) is 140 Å². The molecule has 3 N–H and O–H groups in total. The minimum Gasteiger partial charge on any atom is -0.493 e. The fourth-order valence-electron chi connectivity index (χ4n) is 3.92. The van der Waals surface area contributed by atoms with Crippen molar-refractivity contribution in [2.45, 2.75) is 66.0 Å². The Kier molecular flexibility index (Phi) is 11.1. The van der Waals surface area contributed by atoms with Crippen molar-refractivity contribution in [3.05, 3.63) is 70.6 Å². The summed E-state index contributed by atoms with van der Waals surface area (Å²) in [5.41, 5.74) is 3.68. The van der Waals surface area contributed by atoms with Crippen LogP contribution in [-0.2, 0) is 28.9 Å². The first-order valence-electron chi connectivity index (χ1n) is 13.4. The van der Waals surface area contributed by atoms with Gasteiger partial charge in [0.2, 0.25) is 5.89 Å². The lowest BCUT2D eigenvalue weighted by Gasteiger charge is -2.14. The third-order valence-corrected chi connectivity index (χ3v) is 5.98. The van der Waals surface area contributed by atoms with Crippen LogP contribution < -0.4 is 15.4 Å². The fraction of sp³-hybridized carbons (Fsp3) is 0.400. The van der Waals surface area contributed by atoms with Crippen LogP contribution in [-0.4, -0.2) is 47.3 Å². The molecule has 0 saturated heterocycles. The van der Waals surface area contributed by atoms with Crippen molar-refractivity contribution in [1.82, 2.24) is 15.6 Å². The highest BCUT2D eigenvalue weighted by atomic mass is 16.6. The van der Waals surface area contributed by atoms with E-state index in [1.807, 2.05) is 32.0 Å². The number of rotatable bonds is 14. The smallest absolute Gasteiger partial charge is 0.407 e. The molecule has 10 heteroatoms. The number of ether oxygens (including phenoxy) is 2. The summed E-state index contributed by atoms with van der Waals surface area (Å²) in [7, 11) is 0. The summed E-state index contributed by atoms with van der Waals surface area (Å²) in [6.45, 7) is 8.51. The molecule has 0 saturated carbocycles. The number of carbonyl (C=O) groups excluding carboxylic acids is 2. The molecule has 2 aromatic carbocycles. The Morgan fingerprint density at radius 1 is 1.02 bits per heavy atom. The van der Waals surface area contributed by atoms with E-state index in [-0.39, 0.29) is 25.0 Å². The van der Waals surface area contributed by atoms with Crippen LogP contribution in [0, 0.1) is 6.92 Å². The zero-order valence-electron chi connectivity index (χ0n) is 23.4. The molecule has 0 radical (unpaired) electrons. The van der Waals surface area contributed by atoms with Crippen molar-refractivity contribution in [1.29, 1.82) is 0 Å². The Bertz CT molecular complexity index is 1300. The summed E-state index contributed by atoms with van der Waals surface area (Å²) in [6.07, 6.45) is 0.887. The van der Waals surface area contributed by atoms with E-state index in [0.717, 1.165) is 28.8 Å². The molecule has 10 nitrogen and oxygen atoms in total. The largest absolute Gasteiger partial charge is 0.493 e. The van der Waals surface area contributed by atoms with E-state index < -0.39 is 12.1 Å². The van der Waals surface area contributed by atoms with Gasteiger partial charge in [0.05, 0.1) is 18.4 Å². The third kappa shape index (κ3) is 9.14. The summed E-state index contributed by atoms with van der Waals surface area (Å²) in [4.78, 5) is 39.8. The van der Waals surface area contributed by atoms with Gasteiger partial charge in [0.25, 0.3) is 5.91 Å². The van der Waals surface area contributed by atoms with Crippen LogP contribution >= 0.6 is 0 Å². The molecule has 2 amide bonds. The Morgan fingerprint density at radius 3 is 2.45 bits per heavy atom. The normalized spacial score (nSPS) is 10.8. The number of alkyl carbamates (subject to hydrolysis) is 1. The van der Waals surface area contributed by atoms with Crippen molar-refractivity contribution in [2.75, 3.05) is 13.2 Å². The highest BCUT2D eigenvalue weighted by Crippen LogP contribution is 2.24. The Hall–Kier alpha value is -4.34. The molecule has 0 spiro atoms. The first kappa shape index (κ1) is 30.2. The molecule has 3 rings (SSSR count). The molecule has 214 valence electrons. The van der Waals surface area contributed by atoms with Crippen molar-refractivity contribution < 1.29 is 33.4 Å². The average Bonchev–Trinajstić information content (AvgIpc) is 3.29. The number of oxazole rings is 1. The monoisotopic (exact) mass is 551 g/mol. The molecular weight excluding hydrogens is 514 g/mol. The van der Waals surface area contributed by atoms with E-state index in [9.17, 15) is 14.4 Å². The molecule has 3 aromatic rings. The summed E-state index contributed by atoms with van der Waals surface area (Å²) in [6, 6.07) is 12.5. The lowest BCUT2D eigenvalue weighted by Crippen LogP contribution is -2.26. The highest BCUT2D eigenvalue weighted by Gasteiger charge is 2.14. The van der Waals surface area contributed by atoms with Crippen molar-refractivity contribution in [3.8, 4) is 17.2 Å². The van der Waals surface area contributed by atoms with Gasteiger partial charge >= 0.3 is 12.1 Å². The quantitative estimate of drug-likeness (QED) is 0.252. The van der Waals surface area contributed by atoms with Crippen molar-refractivity contribution in [2.24, 2.45) is 0 Å². The minimum atomic E-state index is -0.894. The predicted molar refractivity (Wildman–Crippen MR) is 149 cm³/mol. The van der Waals surface area contributed by atoms with Gasteiger partial charge in [0.1, 0.15) is 11.5 Å². The number of hydrogen-bond acceptors (Lipinski definition) is 7. The van der Waals surface area contributed by atoms with E-state index in [4.69, 9.17) is 19.0 Å². The van der Waals surface area contributed by atoms with Gasteiger partial charge in [0, 0.05) is 37.1 Å². The van der Waals surface area contributed by atoms with Crippen LogP contribution in [0.2, 0.25) is 0 Å². The summed E-state index contributed by atoms with van der Waals surface area (Å²) in [5.74, 6) is 0.734. The maximum absolute atomic E-state index is 12.1. The molecule has 1 heterocycles. The number of aromatic nitrogens is 1. The van der Waals surface area contributed by atoms with Crippen molar-refractivity contribution in [3.63, 3.8) is 0 Å². The molecule has 0 aliphatic carbocycles. The number of aryl methyl sites for hydroxylation is 2. The molecule has 0 fully saturated rings. The van der Waals surface area contributed by atoms with Crippen LogP contribution in [0.25, 0.3) is 11.5 Å². The SMILES string of the molecule is CCCNC(=O)c1ccc(-c2nc(CCOc3ccc(CCC(=O)O)c(CNC(=O)OC(C)C)c3)c(C)o2)cc1. The maximum Gasteiger partial charge on any atom is 0.407 e. The zero-order chi connectivity index (χ0) is 29.1. The summed E-state index contributed by atoms with van der Waals surface area (Å²) >= 11 is 0. The van der Waals surface area contributed by atoms with Crippen LogP contribution in [0.1, 0.15) is 66.6 Å². The molecular formula is C30H37N3O7. The fourth-order valence-corrected chi connectivity index (χ4v) is 3.92. The van der Waals surface area contributed by atoms with Gasteiger partial charge in [-0.3, -0.25) is 9.59 Å². The van der Waals surface area contributed by atoms with E-state index in [1.165, 1.54) is 0 Å². The molecule has 0 aliphatic rings. The summed E-state index contributed by atoms with van der Waals surface area (Å²) in [5, 5.41) is 14.6. The van der Waals surface area contributed by atoms with E-state index in [0.29, 0.717) is 49.0 Å². The first-order chi connectivity index (χ1) is 19.2. The number of carbonyl (C=O) groups is 3. The van der Waals surface area contributed by atoms with E-state index >= 15 is 0 Å². The molecule has 40 heavy (non-hydrogen) atoms. The molecule has 0 unspecified atom stereocenters. The van der Waals surface area contributed by atoms with E-state index in [1.54, 1.807) is 38.1 Å². The number of nitrogens with zero attached hydrogens (tertiary/aromatic N) is 1. The molecule has 0 aliphatic heterocycles. The number of carboxylic acids is 1. The minimum absolute atomic E-state index is 0.0216. The van der Waals surface area contributed by atoms with Gasteiger partial charge in [-0.25, -0.2) is 9.78 Å². The Morgan fingerprint density at radius 2 is 1.77 bits per heavy atom. The maximum atomic E-state index is 12.1. The number of hydrogen-bond donors (Lipinski definition) is 3. The van der Waals surface area contributed by atoms with Crippen LogP contribution in [0.15, 0.2) is 46.9 Å². The predicted octanol–water partition coefficient (Wildman–Crippen LogP) is 5.06. The van der Waals surface area contributed by atoms with Gasteiger partial charge in [-0.1, -0.05) is 13.0 Å². The summed E-state index contributed by atoms with van der Waals surface area (Å²) < 4.78 is 16.9. The van der Waals surface area contributed by atoms with Crippen molar-refractivity contribution >= 4 is 18.0 Å². The molecule has 0 atom stereocenters. The molecule has 0 bridgehead atoms. The average molecular weight is 552 g/mol. The van der Waals surface area contributed by atoms with Crippen LogP contribution in [0.5, 0.6) is 5.75 Å². The van der Waals surface area contributed by atoms with E-state index in [2.05, 4.69) is 15.6 Å². The third-order valence-electron chi connectivity index (χ3n) is 5.98. The lowest BCUT2D eigenvalue weighted by molar-refractivity contribution is -0.136. The second kappa shape index (κ2) is 14.7. The number of carboxylic acid groups (broad SMARTS) is 1. The van der Waals surface area contributed by atoms with Gasteiger partial charge in [-0.15, -0.1) is 0 Å². The number of benzene rings is 2. The number of nitrogens with one attached hydrogen (secondary N) is 2. The lowest BCUT2D eigenvalue weighted by atomic mass is 10.0. The number of amides is 2. The second-order valence-electron chi connectivity index (χ2n) is 9.59. The standard InChI is InChI=1S/C30H37N3O7/c1-5-15-31-28(36)22-6-8-23(9-7-22)29-33-26(20(4)40-29)14-16-38-25-12-10-21(11-13-27(34)35)24(17-25)18-32-30(37)39-19(2)3/h6-10,12,17,19H,5,11,13-16,18H2,1-4H3,(H,31,36)(H,32,37)(H,34,35). The Labute approximate surface area is 234 Å². The van der Waals surface area contributed by atoms with Gasteiger partial charge in [-0.2, -0.15) is 0 Å². The Balaban J connectivity index is 1.62. The second-order valence-corrected chi connectivity index (χ2v) is 9.59. The first-order valence-corrected chi connectivity index (χ1v) is 13.4.